The first-order valence-corrected chi connectivity index (χ1v) is 7.71. The number of rotatable bonds is 4. The lowest BCUT2D eigenvalue weighted by Crippen LogP contribution is -2.10. The third-order valence-electron chi connectivity index (χ3n) is 4.56. The van der Waals surface area contributed by atoms with Gasteiger partial charge >= 0.3 is 0 Å². The first-order valence-electron chi connectivity index (χ1n) is 7.71. The Bertz CT molecular complexity index is 748. The second-order valence-electron chi connectivity index (χ2n) is 6.27. The summed E-state index contributed by atoms with van der Waals surface area (Å²) in [6, 6.07) is 0.639. The lowest BCUT2D eigenvalue weighted by atomic mass is 10.0. The number of imidazole rings is 1. The maximum atomic E-state index is 9.44. The number of aromatic nitrogens is 4. The second-order valence-corrected chi connectivity index (χ2v) is 6.27. The first kappa shape index (κ1) is 13.5. The molecular formula is C15H20N6O. The summed E-state index contributed by atoms with van der Waals surface area (Å²) >= 11 is 0. The molecule has 0 aliphatic heterocycles. The van der Waals surface area contributed by atoms with Crippen molar-refractivity contribution >= 4 is 22.9 Å². The van der Waals surface area contributed by atoms with E-state index < -0.39 is 0 Å². The number of hydrogen-bond acceptors (Lipinski definition) is 6. The van der Waals surface area contributed by atoms with Crippen LogP contribution in [0.4, 0.5) is 11.8 Å². The fourth-order valence-electron chi connectivity index (χ4n) is 3.10. The minimum absolute atomic E-state index is 0.158. The van der Waals surface area contributed by atoms with Crippen LogP contribution < -0.4 is 11.1 Å². The van der Waals surface area contributed by atoms with E-state index >= 15 is 0 Å². The molecule has 2 atom stereocenters. The molecule has 4 rings (SSSR count). The van der Waals surface area contributed by atoms with E-state index in [-0.39, 0.29) is 24.5 Å². The summed E-state index contributed by atoms with van der Waals surface area (Å²) in [4.78, 5) is 13.2. The van der Waals surface area contributed by atoms with Gasteiger partial charge in [0.15, 0.2) is 17.0 Å². The van der Waals surface area contributed by atoms with Crippen LogP contribution in [0.2, 0.25) is 0 Å². The molecule has 7 heteroatoms. The molecule has 2 heterocycles. The predicted molar refractivity (Wildman–Crippen MR) is 84.4 cm³/mol. The zero-order valence-electron chi connectivity index (χ0n) is 12.5. The zero-order chi connectivity index (χ0) is 15.3. The van der Waals surface area contributed by atoms with Gasteiger partial charge in [-0.25, -0.2) is 4.98 Å². The highest BCUT2D eigenvalue weighted by Crippen LogP contribution is 2.36. The number of aliphatic hydroxyl groups excluding tert-OH is 1. The van der Waals surface area contributed by atoms with Gasteiger partial charge in [0.05, 0.1) is 12.4 Å². The lowest BCUT2D eigenvalue weighted by molar-refractivity contribution is 0.239. The van der Waals surface area contributed by atoms with Gasteiger partial charge in [0, 0.05) is 18.6 Å². The third-order valence-corrected chi connectivity index (χ3v) is 4.56. The van der Waals surface area contributed by atoms with Crippen LogP contribution in [0.25, 0.3) is 11.2 Å². The van der Waals surface area contributed by atoms with Crippen LogP contribution in [0.15, 0.2) is 18.0 Å². The SMILES string of the molecule is CC1=C[C@H](n2cnc3c(NC4CC4)nc(N)nc32)C[C@@H]1CO. The molecule has 0 amide bonds. The maximum absolute atomic E-state index is 9.44. The van der Waals surface area contributed by atoms with Crippen LogP contribution in [0.5, 0.6) is 0 Å². The van der Waals surface area contributed by atoms with E-state index in [0.29, 0.717) is 6.04 Å². The van der Waals surface area contributed by atoms with E-state index in [1.165, 1.54) is 5.57 Å². The van der Waals surface area contributed by atoms with Crippen molar-refractivity contribution in [2.45, 2.75) is 38.3 Å². The van der Waals surface area contributed by atoms with E-state index in [1.54, 1.807) is 6.33 Å². The Kier molecular flexibility index (Phi) is 3.04. The number of nitrogens with zero attached hydrogens (tertiary/aromatic N) is 4. The molecular weight excluding hydrogens is 280 g/mol. The molecule has 22 heavy (non-hydrogen) atoms. The van der Waals surface area contributed by atoms with Crippen LogP contribution in [0.3, 0.4) is 0 Å². The highest BCUT2D eigenvalue weighted by molar-refractivity contribution is 5.84. The standard InChI is InChI=1S/C15H20N6O/c1-8-4-11(5-9(8)6-22)21-7-17-12-13(18-10-2-3-10)19-15(16)20-14(12)21/h4,7,9-11,22H,2-3,5-6H2,1H3,(H3,16,18,19,20)/t9-,11+/m1/s1. The number of aliphatic hydroxyl groups is 1. The van der Waals surface area contributed by atoms with Crippen LogP contribution in [0, 0.1) is 5.92 Å². The Labute approximate surface area is 128 Å². The molecule has 116 valence electrons. The summed E-state index contributed by atoms with van der Waals surface area (Å²) in [7, 11) is 0. The van der Waals surface area contributed by atoms with E-state index in [1.807, 2.05) is 4.57 Å². The Balaban J connectivity index is 1.75. The average molecular weight is 300 g/mol. The second kappa shape index (κ2) is 4.95. The molecule has 2 aromatic rings. The number of allylic oxidation sites excluding steroid dienone is 1. The van der Waals surface area contributed by atoms with Gasteiger partial charge in [-0.1, -0.05) is 11.6 Å². The highest BCUT2D eigenvalue weighted by atomic mass is 16.3. The number of anilines is 2. The summed E-state index contributed by atoms with van der Waals surface area (Å²) in [5, 5.41) is 12.8. The Morgan fingerprint density at radius 1 is 1.41 bits per heavy atom. The van der Waals surface area contributed by atoms with Crippen molar-refractivity contribution in [3.8, 4) is 0 Å². The van der Waals surface area contributed by atoms with Gasteiger partial charge in [-0.3, -0.25) is 0 Å². The van der Waals surface area contributed by atoms with Crippen molar-refractivity contribution in [1.29, 1.82) is 0 Å². The van der Waals surface area contributed by atoms with Gasteiger partial charge in [0.1, 0.15) is 0 Å². The maximum Gasteiger partial charge on any atom is 0.224 e. The molecule has 0 bridgehead atoms. The summed E-state index contributed by atoms with van der Waals surface area (Å²) in [6.45, 7) is 2.24. The summed E-state index contributed by atoms with van der Waals surface area (Å²) in [5.41, 5.74) is 8.60. The largest absolute Gasteiger partial charge is 0.396 e. The van der Waals surface area contributed by atoms with Crippen molar-refractivity contribution in [2.24, 2.45) is 5.92 Å². The molecule has 0 radical (unpaired) electrons. The van der Waals surface area contributed by atoms with E-state index in [9.17, 15) is 5.11 Å². The molecule has 0 unspecified atom stereocenters. The summed E-state index contributed by atoms with van der Waals surface area (Å²) < 4.78 is 2.03. The summed E-state index contributed by atoms with van der Waals surface area (Å²) in [5.74, 6) is 1.20. The molecule has 0 spiro atoms. The first-order chi connectivity index (χ1) is 10.7. The van der Waals surface area contributed by atoms with Gasteiger partial charge in [-0.05, 0) is 26.2 Å². The van der Waals surface area contributed by atoms with Gasteiger partial charge in [-0.15, -0.1) is 0 Å². The van der Waals surface area contributed by atoms with Crippen molar-refractivity contribution in [3.05, 3.63) is 18.0 Å². The average Bonchev–Trinajstić information content (AvgIpc) is 3.07. The third kappa shape index (κ3) is 2.21. The van der Waals surface area contributed by atoms with Gasteiger partial charge in [-0.2, -0.15) is 9.97 Å². The van der Waals surface area contributed by atoms with Crippen LogP contribution in [0.1, 0.15) is 32.2 Å². The van der Waals surface area contributed by atoms with Crippen LogP contribution in [-0.4, -0.2) is 37.3 Å². The molecule has 2 aromatic heterocycles. The Hall–Kier alpha value is -2.15. The minimum Gasteiger partial charge on any atom is -0.396 e. The van der Waals surface area contributed by atoms with Crippen LogP contribution in [-0.2, 0) is 0 Å². The van der Waals surface area contributed by atoms with E-state index in [4.69, 9.17) is 5.73 Å². The Morgan fingerprint density at radius 3 is 2.91 bits per heavy atom. The number of nitrogens with one attached hydrogen (secondary N) is 1. The molecule has 2 aliphatic carbocycles. The van der Waals surface area contributed by atoms with Gasteiger partial charge in [0.25, 0.3) is 0 Å². The van der Waals surface area contributed by atoms with Crippen molar-refractivity contribution < 1.29 is 5.11 Å². The number of nitrogen functional groups attached to an aromatic ring is 1. The number of hydrogen-bond donors (Lipinski definition) is 3. The quantitative estimate of drug-likeness (QED) is 0.739. The normalized spacial score (nSPS) is 24.7. The van der Waals surface area contributed by atoms with Crippen molar-refractivity contribution in [3.63, 3.8) is 0 Å². The molecule has 2 aliphatic rings. The zero-order valence-corrected chi connectivity index (χ0v) is 12.5. The van der Waals surface area contributed by atoms with Gasteiger partial charge in [0.2, 0.25) is 5.95 Å². The molecule has 0 saturated heterocycles. The Morgan fingerprint density at radius 2 is 2.23 bits per heavy atom. The topological polar surface area (TPSA) is 102 Å². The van der Waals surface area contributed by atoms with Gasteiger partial charge < -0.3 is 20.7 Å². The molecule has 4 N–H and O–H groups in total. The van der Waals surface area contributed by atoms with E-state index in [0.717, 1.165) is 36.2 Å². The minimum atomic E-state index is 0.158. The van der Waals surface area contributed by atoms with E-state index in [2.05, 4.69) is 33.3 Å². The van der Waals surface area contributed by atoms with Crippen LogP contribution >= 0.6 is 0 Å². The molecule has 7 nitrogen and oxygen atoms in total. The molecule has 1 saturated carbocycles. The lowest BCUT2D eigenvalue weighted by Gasteiger charge is -2.13. The summed E-state index contributed by atoms with van der Waals surface area (Å²) in [6.07, 6.45) is 7.16. The number of nitrogens with two attached hydrogens (primary N) is 1. The van der Waals surface area contributed by atoms with Crippen molar-refractivity contribution in [2.75, 3.05) is 17.7 Å². The molecule has 1 fully saturated rings. The fourth-order valence-corrected chi connectivity index (χ4v) is 3.10. The monoisotopic (exact) mass is 300 g/mol. The van der Waals surface area contributed by atoms with Crippen molar-refractivity contribution in [1.82, 2.24) is 19.5 Å². The highest BCUT2D eigenvalue weighted by Gasteiger charge is 2.28. The predicted octanol–water partition coefficient (Wildman–Crippen LogP) is 1.48. The fraction of sp³-hybridized carbons (Fsp3) is 0.533. The molecule has 0 aromatic carbocycles. The smallest absolute Gasteiger partial charge is 0.224 e. The number of fused-ring (bicyclic) bond motifs is 1.